The van der Waals surface area contributed by atoms with Crippen LogP contribution < -0.4 is 14.2 Å². The fourth-order valence-corrected chi connectivity index (χ4v) is 8.46. The maximum Gasteiger partial charge on any atom is 0.387 e. The molecule has 258 valence electrons. The third-order valence-electron chi connectivity index (χ3n) is 7.06. The van der Waals surface area contributed by atoms with Crippen LogP contribution in [0, 0.1) is 6.92 Å². The zero-order valence-electron chi connectivity index (χ0n) is 26.2. The number of hydrogen-bond donors (Lipinski definition) is 0. The quantitative estimate of drug-likeness (QED) is 0.104. The Morgan fingerprint density at radius 1 is 0.939 bits per heavy atom. The maximum atomic E-state index is 14.2. The number of nitrogens with zero attached hydrogens (tertiary/aromatic N) is 3. The number of esters is 1. The molecule has 0 bridgehead atoms. The van der Waals surface area contributed by atoms with Crippen LogP contribution in [0.5, 0.6) is 17.2 Å². The summed E-state index contributed by atoms with van der Waals surface area (Å²) in [4.78, 5) is 21.4. The predicted octanol–water partition coefficient (Wildman–Crippen LogP) is 5.52. The molecule has 0 spiro atoms. The van der Waals surface area contributed by atoms with Crippen molar-refractivity contribution in [1.29, 1.82) is 0 Å². The highest BCUT2D eigenvalue weighted by molar-refractivity contribution is 7.99. The number of aryl methyl sites for hydroxylation is 1. The normalized spacial score (nSPS) is 11.9. The molecule has 0 aliphatic rings. The molecule has 0 fully saturated rings. The predicted molar refractivity (Wildman–Crippen MR) is 176 cm³/mol. The summed E-state index contributed by atoms with van der Waals surface area (Å²) in [5.41, 5.74) is 1.22. The van der Waals surface area contributed by atoms with Crippen LogP contribution in [0.2, 0.25) is 0 Å². The number of aromatic nitrogens is 3. The van der Waals surface area contributed by atoms with Gasteiger partial charge in [0, 0.05) is 24.1 Å². The number of fused-ring (bicyclic) bond motifs is 1. The smallest absolute Gasteiger partial charge is 0.387 e. The van der Waals surface area contributed by atoms with Crippen LogP contribution in [-0.4, -0.2) is 69.9 Å². The van der Waals surface area contributed by atoms with Crippen molar-refractivity contribution in [3.05, 3.63) is 95.8 Å². The fraction of sp³-hybridized carbons (Fsp3) is 0.219. The lowest BCUT2D eigenvalue weighted by molar-refractivity contribution is -0.0497. The number of carbonyl (C=O) groups excluding carboxylic acids is 1. The Bertz CT molecular complexity index is 2210. The van der Waals surface area contributed by atoms with Gasteiger partial charge in [0.05, 0.1) is 52.1 Å². The monoisotopic (exact) mass is 733 g/mol. The van der Waals surface area contributed by atoms with Gasteiger partial charge in [0.15, 0.2) is 26.5 Å². The van der Waals surface area contributed by atoms with Gasteiger partial charge in [0.2, 0.25) is 0 Å². The first-order valence-corrected chi connectivity index (χ1v) is 18.4. The molecule has 0 aliphatic heterocycles. The molecule has 0 N–H and O–H groups in total. The van der Waals surface area contributed by atoms with Crippen molar-refractivity contribution in [3.8, 4) is 17.2 Å². The Hall–Kier alpha value is -4.74. The van der Waals surface area contributed by atoms with Crippen molar-refractivity contribution < 1.29 is 49.4 Å². The average molecular weight is 734 g/mol. The molecule has 5 aromatic rings. The first-order chi connectivity index (χ1) is 23.3. The number of ether oxygens (including phenoxy) is 4. The van der Waals surface area contributed by atoms with Crippen molar-refractivity contribution in [3.63, 3.8) is 0 Å². The summed E-state index contributed by atoms with van der Waals surface area (Å²) in [5, 5.41) is -0.0508. The van der Waals surface area contributed by atoms with Gasteiger partial charge < -0.3 is 18.9 Å². The fourth-order valence-electron chi connectivity index (χ4n) is 4.68. The number of halogens is 2. The number of benzene rings is 3. The zero-order valence-corrected chi connectivity index (χ0v) is 28.7. The van der Waals surface area contributed by atoms with Gasteiger partial charge in [-0.3, -0.25) is 4.98 Å². The van der Waals surface area contributed by atoms with Crippen molar-refractivity contribution in [2.24, 2.45) is 0 Å². The number of imidazole rings is 1. The zero-order chi connectivity index (χ0) is 35.3. The Kier molecular flexibility index (Phi) is 10.7. The number of alkyl halides is 2. The summed E-state index contributed by atoms with van der Waals surface area (Å²) < 4.78 is 101. The average Bonchev–Trinajstić information content (AvgIpc) is 3.45. The van der Waals surface area contributed by atoms with Gasteiger partial charge in [-0.25, -0.2) is 30.6 Å². The standard InChI is InChI=1S/C32H29F2N3O9S3/c1-20-7-10-23(11-8-20)48(39,40)16-15-45-30(38)21-5-4-6-24(17-21)49(41,42)37-27-18-22(46-31(33)34)9-12-25(27)36-32(37)47-19-26-29(44-3)28(43-2)13-14-35-26/h4-14,17-18,31H,15-16,19H2,1-3H3. The highest BCUT2D eigenvalue weighted by atomic mass is 32.2. The number of sulfone groups is 1. The lowest BCUT2D eigenvalue weighted by Gasteiger charge is -2.13. The van der Waals surface area contributed by atoms with Crippen LogP contribution in [0.3, 0.4) is 0 Å². The molecule has 5 rings (SSSR count). The van der Waals surface area contributed by atoms with E-state index in [0.29, 0.717) is 17.2 Å². The van der Waals surface area contributed by atoms with E-state index in [-0.39, 0.29) is 43.0 Å². The van der Waals surface area contributed by atoms with E-state index in [1.807, 2.05) is 6.92 Å². The minimum absolute atomic E-state index is 0.0508. The van der Waals surface area contributed by atoms with Gasteiger partial charge in [0.1, 0.15) is 12.4 Å². The molecule has 17 heteroatoms. The topological polar surface area (TPSA) is 153 Å². The molecule has 0 amide bonds. The number of thioether (sulfide) groups is 1. The van der Waals surface area contributed by atoms with E-state index in [4.69, 9.17) is 14.2 Å². The van der Waals surface area contributed by atoms with E-state index >= 15 is 0 Å². The number of pyridine rings is 1. The van der Waals surface area contributed by atoms with Crippen LogP contribution in [0.25, 0.3) is 11.0 Å². The molecule has 12 nitrogen and oxygen atoms in total. The molecular weight excluding hydrogens is 705 g/mol. The summed E-state index contributed by atoms with van der Waals surface area (Å²) in [6, 6.07) is 16.4. The van der Waals surface area contributed by atoms with Crippen LogP contribution in [0.1, 0.15) is 21.6 Å². The molecule has 2 heterocycles. The van der Waals surface area contributed by atoms with E-state index < -0.39 is 44.8 Å². The second-order valence-corrected chi connectivity index (χ2v) is 15.1. The second-order valence-electron chi connectivity index (χ2n) is 10.3. The summed E-state index contributed by atoms with van der Waals surface area (Å²) >= 11 is 0.976. The largest absolute Gasteiger partial charge is 0.493 e. The van der Waals surface area contributed by atoms with Gasteiger partial charge >= 0.3 is 12.6 Å². The van der Waals surface area contributed by atoms with Crippen molar-refractivity contribution >= 4 is 48.6 Å². The van der Waals surface area contributed by atoms with Crippen molar-refractivity contribution in [2.45, 2.75) is 34.2 Å². The molecular formula is C32H29F2N3O9S3. The first-order valence-electron chi connectivity index (χ1n) is 14.3. The molecule has 3 aromatic carbocycles. The van der Waals surface area contributed by atoms with Gasteiger partial charge in [-0.15, -0.1) is 0 Å². The Labute approximate surface area is 285 Å². The summed E-state index contributed by atoms with van der Waals surface area (Å²) in [6.45, 7) is -1.83. The molecule has 0 saturated heterocycles. The molecule has 2 aromatic heterocycles. The summed E-state index contributed by atoms with van der Waals surface area (Å²) in [7, 11) is -5.42. The van der Waals surface area contributed by atoms with Gasteiger partial charge in [-0.2, -0.15) is 8.78 Å². The Morgan fingerprint density at radius 3 is 2.39 bits per heavy atom. The second kappa shape index (κ2) is 14.8. The number of methoxy groups -OCH3 is 2. The molecule has 0 radical (unpaired) electrons. The van der Waals surface area contributed by atoms with E-state index in [1.165, 1.54) is 62.9 Å². The number of hydrogen-bond acceptors (Lipinski definition) is 12. The van der Waals surface area contributed by atoms with E-state index in [0.717, 1.165) is 33.4 Å². The van der Waals surface area contributed by atoms with Crippen LogP contribution >= 0.6 is 11.8 Å². The Morgan fingerprint density at radius 2 is 1.69 bits per heavy atom. The molecule has 0 unspecified atom stereocenters. The lowest BCUT2D eigenvalue weighted by Crippen LogP contribution is -2.17. The molecule has 49 heavy (non-hydrogen) atoms. The van der Waals surface area contributed by atoms with E-state index in [9.17, 15) is 30.4 Å². The number of rotatable bonds is 14. The Balaban J connectivity index is 1.46. The minimum Gasteiger partial charge on any atom is -0.493 e. The van der Waals surface area contributed by atoms with Crippen LogP contribution in [0.15, 0.2) is 93.9 Å². The van der Waals surface area contributed by atoms with Gasteiger partial charge in [0.25, 0.3) is 10.0 Å². The van der Waals surface area contributed by atoms with E-state index in [1.54, 1.807) is 18.2 Å². The van der Waals surface area contributed by atoms with Crippen LogP contribution in [0.4, 0.5) is 8.78 Å². The SMILES string of the molecule is COc1ccnc(CSc2nc3ccc(OC(F)F)cc3n2S(=O)(=O)c2cccc(C(=O)OCCS(=O)(=O)c3ccc(C)cc3)c2)c1OC. The van der Waals surface area contributed by atoms with Gasteiger partial charge in [-0.05, 0) is 49.4 Å². The molecule has 0 aliphatic carbocycles. The van der Waals surface area contributed by atoms with Crippen LogP contribution in [-0.2, 0) is 30.4 Å². The summed E-state index contributed by atoms with van der Waals surface area (Å²) in [5.74, 6) is -0.947. The highest BCUT2D eigenvalue weighted by Crippen LogP contribution is 2.36. The first kappa shape index (κ1) is 35.6. The minimum atomic E-state index is -4.56. The van der Waals surface area contributed by atoms with Crippen molar-refractivity contribution in [2.75, 3.05) is 26.6 Å². The number of carbonyl (C=O) groups is 1. The molecule has 0 saturated carbocycles. The third-order valence-corrected chi connectivity index (χ3v) is 11.5. The molecule has 0 atom stereocenters. The third kappa shape index (κ3) is 7.95. The van der Waals surface area contributed by atoms with Gasteiger partial charge in [-0.1, -0.05) is 35.5 Å². The van der Waals surface area contributed by atoms with Crippen molar-refractivity contribution in [1.82, 2.24) is 13.9 Å². The van der Waals surface area contributed by atoms with E-state index in [2.05, 4.69) is 14.7 Å². The summed E-state index contributed by atoms with van der Waals surface area (Å²) in [6.07, 6.45) is 1.49. The maximum absolute atomic E-state index is 14.2. The lowest BCUT2D eigenvalue weighted by atomic mass is 10.2. The highest BCUT2D eigenvalue weighted by Gasteiger charge is 2.27.